The lowest BCUT2D eigenvalue weighted by atomic mass is 9.82. The van der Waals surface area contributed by atoms with Gasteiger partial charge in [-0.2, -0.15) is 13.2 Å². The fraction of sp³-hybridized carbons (Fsp3) is 0.533. The Bertz CT molecular complexity index is 509. The zero-order valence-electron chi connectivity index (χ0n) is 12.0. The van der Waals surface area contributed by atoms with Crippen molar-refractivity contribution in [3.63, 3.8) is 0 Å². The van der Waals surface area contributed by atoms with Crippen LogP contribution in [0.4, 0.5) is 18.9 Å². The molecule has 0 unspecified atom stereocenters. The maximum atomic E-state index is 12.4. The summed E-state index contributed by atoms with van der Waals surface area (Å²) in [7, 11) is 0. The Balaban J connectivity index is 1.83. The zero-order chi connectivity index (χ0) is 16.2. The summed E-state index contributed by atoms with van der Waals surface area (Å²) in [6.07, 6.45) is -0.339. The van der Waals surface area contributed by atoms with Gasteiger partial charge in [0.1, 0.15) is 0 Å². The van der Waals surface area contributed by atoms with Crippen molar-refractivity contribution in [2.45, 2.75) is 50.3 Å². The summed E-state index contributed by atoms with van der Waals surface area (Å²) in [4.78, 5) is 11.8. The Hall–Kier alpha value is -1.76. The van der Waals surface area contributed by atoms with E-state index in [0.717, 1.165) is 31.4 Å². The van der Waals surface area contributed by atoms with E-state index in [1.54, 1.807) is 0 Å². The largest absolute Gasteiger partial charge is 0.416 e. The molecule has 0 heterocycles. The van der Waals surface area contributed by atoms with Crippen molar-refractivity contribution in [1.29, 1.82) is 0 Å². The van der Waals surface area contributed by atoms with Gasteiger partial charge in [0.05, 0.1) is 23.3 Å². The van der Waals surface area contributed by atoms with Crippen molar-refractivity contribution in [2.75, 3.05) is 5.43 Å². The van der Waals surface area contributed by atoms with Gasteiger partial charge in [-0.1, -0.05) is 19.3 Å². The molecule has 2 rings (SSSR count). The summed E-state index contributed by atoms with van der Waals surface area (Å²) in [5, 5.41) is 10.3. The van der Waals surface area contributed by atoms with E-state index < -0.39 is 17.3 Å². The number of benzene rings is 1. The highest BCUT2D eigenvalue weighted by Crippen LogP contribution is 2.31. The van der Waals surface area contributed by atoms with Gasteiger partial charge in [0, 0.05) is 0 Å². The number of hydrogen-bond donors (Lipinski definition) is 3. The van der Waals surface area contributed by atoms with E-state index in [1.165, 1.54) is 12.1 Å². The lowest BCUT2D eigenvalue weighted by Gasteiger charge is -2.31. The molecule has 1 aromatic rings. The summed E-state index contributed by atoms with van der Waals surface area (Å²) in [5.74, 6) is -0.385. The summed E-state index contributed by atoms with van der Waals surface area (Å²) < 4.78 is 37.3. The molecule has 4 nitrogen and oxygen atoms in total. The van der Waals surface area contributed by atoms with Crippen LogP contribution in [-0.2, 0) is 11.0 Å². The lowest BCUT2D eigenvalue weighted by molar-refractivity contribution is -0.137. The molecule has 1 aliphatic carbocycles. The molecule has 0 bridgehead atoms. The Kier molecular flexibility index (Phi) is 4.95. The summed E-state index contributed by atoms with van der Waals surface area (Å²) in [5.41, 5.74) is 3.58. The minimum absolute atomic E-state index is 0.0133. The predicted molar refractivity (Wildman–Crippen MR) is 75.9 cm³/mol. The second kappa shape index (κ2) is 6.56. The molecule has 1 amide bonds. The highest BCUT2D eigenvalue weighted by atomic mass is 19.4. The van der Waals surface area contributed by atoms with E-state index in [4.69, 9.17) is 0 Å². The van der Waals surface area contributed by atoms with E-state index in [1.807, 2.05) is 0 Å². The summed E-state index contributed by atoms with van der Waals surface area (Å²) in [6, 6.07) is 4.34. The number of hydrogen-bond acceptors (Lipinski definition) is 3. The molecule has 0 radical (unpaired) electrons. The van der Waals surface area contributed by atoms with Gasteiger partial charge in [-0.05, 0) is 37.1 Å². The van der Waals surface area contributed by atoms with Crippen molar-refractivity contribution in [3.05, 3.63) is 29.8 Å². The van der Waals surface area contributed by atoms with Crippen LogP contribution in [-0.4, -0.2) is 16.6 Å². The van der Waals surface area contributed by atoms with Gasteiger partial charge < -0.3 is 5.11 Å². The Morgan fingerprint density at radius 2 is 1.73 bits per heavy atom. The van der Waals surface area contributed by atoms with Crippen LogP contribution in [0, 0.1) is 0 Å². The summed E-state index contributed by atoms with van der Waals surface area (Å²) >= 11 is 0. The first kappa shape index (κ1) is 16.6. The topological polar surface area (TPSA) is 61.4 Å². The zero-order valence-corrected chi connectivity index (χ0v) is 12.0. The van der Waals surface area contributed by atoms with Crippen molar-refractivity contribution in [2.24, 2.45) is 0 Å². The minimum atomic E-state index is -4.38. The van der Waals surface area contributed by atoms with E-state index in [-0.39, 0.29) is 12.3 Å². The molecule has 3 N–H and O–H groups in total. The third kappa shape index (κ3) is 4.62. The quantitative estimate of drug-likeness (QED) is 0.747. The standard InChI is InChI=1S/C15H19F3N2O2/c16-15(17,18)11-4-6-12(7-5-11)19-20-13(21)10-14(22)8-2-1-3-9-14/h4-7,19,22H,1-3,8-10H2,(H,20,21). The Labute approximate surface area is 126 Å². The van der Waals surface area contributed by atoms with Crippen LogP contribution in [0.5, 0.6) is 0 Å². The van der Waals surface area contributed by atoms with Crippen LogP contribution >= 0.6 is 0 Å². The highest BCUT2D eigenvalue weighted by Gasteiger charge is 2.32. The molecule has 1 aliphatic rings. The van der Waals surface area contributed by atoms with Crippen LogP contribution in [0.25, 0.3) is 0 Å². The van der Waals surface area contributed by atoms with Crippen LogP contribution in [0.3, 0.4) is 0 Å². The van der Waals surface area contributed by atoms with E-state index in [9.17, 15) is 23.1 Å². The molecule has 1 fully saturated rings. The van der Waals surface area contributed by atoms with Crippen LogP contribution < -0.4 is 10.9 Å². The molecular weight excluding hydrogens is 297 g/mol. The fourth-order valence-corrected chi connectivity index (χ4v) is 2.61. The number of amides is 1. The molecular formula is C15H19F3N2O2. The summed E-state index contributed by atoms with van der Waals surface area (Å²) in [6.45, 7) is 0. The number of hydrazine groups is 1. The molecule has 7 heteroatoms. The number of aliphatic hydroxyl groups is 1. The second-order valence-corrected chi connectivity index (χ2v) is 5.71. The average molecular weight is 316 g/mol. The average Bonchev–Trinajstić information content (AvgIpc) is 2.45. The van der Waals surface area contributed by atoms with Crippen LogP contribution in [0.2, 0.25) is 0 Å². The first-order chi connectivity index (χ1) is 10.3. The van der Waals surface area contributed by atoms with Gasteiger partial charge in [-0.25, -0.2) is 0 Å². The van der Waals surface area contributed by atoms with Crippen molar-refractivity contribution in [3.8, 4) is 0 Å². The monoisotopic (exact) mass is 316 g/mol. The van der Waals surface area contributed by atoms with Crippen molar-refractivity contribution in [1.82, 2.24) is 5.43 Å². The highest BCUT2D eigenvalue weighted by molar-refractivity contribution is 5.78. The smallest absolute Gasteiger partial charge is 0.389 e. The molecule has 1 aromatic carbocycles. The first-order valence-corrected chi connectivity index (χ1v) is 7.23. The van der Waals surface area contributed by atoms with E-state index in [2.05, 4.69) is 10.9 Å². The van der Waals surface area contributed by atoms with Crippen LogP contribution in [0.15, 0.2) is 24.3 Å². The third-order valence-corrected chi connectivity index (χ3v) is 3.83. The van der Waals surface area contributed by atoms with Gasteiger partial charge in [0.25, 0.3) is 0 Å². The lowest BCUT2D eigenvalue weighted by Crippen LogP contribution is -2.40. The Morgan fingerprint density at radius 3 is 2.27 bits per heavy atom. The van der Waals surface area contributed by atoms with Gasteiger partial charge in [0.15, 0.2) is 0 Å². The van der Waals surface area contributed by atoms with Crippen molar-refractivity contribution < 1.29 is 23.1 Å². The minimum Gasteiger partial charge on any atom is -0.389 e. The molecule has 0 saturated heterocycles. The number of rotatable bonds is 4. The van der Waals surface area contributed by atoms with E-state index >= 15 is 0 Å². The van der Waals surface area contributed by atoms with Crippen molar-refractivity contribution >= 4 is 11.6 Å². The number of halogens is 3. The van der Waals surface area contributed by atoms with Gasteiger partial charge in [-0.15, -0.1) is 0 Å². The second-order valence-electron chi connectivity index (χ2n) is 5.71. The van der Waals surface area contributed by atoms with Crippen LogP contribution in [0.1, 0.15) is 44.1 Å². The number of carbonyl (C=O) groups is 1. The number of carbonyl (C=O) groups excluding carboxylic acids is 1. The number of nitrogens with one attached hydrogen (secondary N) is 2. The van der Waals surface area contributed by atoms with Gasteiger partial charge in [0.2, 0.25) is 5.91 Å². The molecule has 1 saturated carbocycles. The molecule has 122 valence electrons. The van der Waals surface area contributed by atoms with Gasteiger partial charge in [-0.3, -0.25) is 15.6 Å². The molecule has 0 aromatic heterocycles. The predicted octanol–water partition coefficient (Wildman–Crippen LogP) is 3.23. The first-order valence-electron chi connectivity index (χ1n) is 7.23. The molecule has 0 aliphatic heterocycles. The molecule has 0 atom stereocenters. The maximum absolute atomic E-state index is 12.4. The maximum Gasteiger partial charge on any atom is 0.416 e. The normalized spacial score (nSPS) is 17.8. The third-order valence-electron chi connectivity index (χ3n) is 3.83. The number of anilines is 1. The fourth-order valence-electron chi connectivity index (χ4n) is 2.61. The molecule has 0 spiro atoms. The molecule has 22 heavy (non-hydrogen) atoms. The SMILES string of the molecule is O=C(CC1(O)CCCCC1)NNc1ccc(C(F)(F)F)cc1. The number of alkyl halides is 3. The Morgan fingerprint density at radius 1 is 1.14 bits per heavy atom. The van der Waals surface area contributed by atoms with Gasteiger partial charge >= 0.3 is 6.18 Å². The van der Waals surface area contributed by atoms with E-state index in [0.29, 0.717) is 18.5 Å².